The third-order valence-corrected chi connectivity index (χ3v) is 5.54. The number of para-hydroxylation sites is 1. The summed E-state index contributed by atoms with van der Waals surface area (Å²) in [4.78, 5) is 14.6. The molecular formula is C22H16FN3O. The lowest BCUT2D eigenvalue weighted by Gasteiger charge is -2.35. The highest BCUT2D eigenvalue weighted by Gasteiger charge is 2.62. The average molecular weight is 357 g/mol. The second-order valence-electron chi connectivity index (χ2n) is 6.95. The molecule has 2 heterocycles. The van der Waals surface area contributed by atoms with Gasteiger partial charge in [-0.2, -0.15) is 10.5 Å². The van der Waals surface area contributed by atoms with Crippen molar-refractivity contribution in [2.75, 3.05) is 4.90 Å². The second-order valence-corrected chi connectivity index (χ2v) is 6.95. The monoisotopic (exact) mass is 357 g/mol. The third kappa shape index (κ3) is 2.29. The van der Waals surface area contributed by atoms with Gasteiger partial charge in [-0.15, -0.1) is 0 Å². The number of halogens is 1. The summed E-state index contributed by atoms with van der Waals surface area (Å²) in [7, 11) is 0. The lowest BCUT2D eigenvalue weighted by molar-refractivity contribution is -0.118. The van der Waals surface area contributed by atoms with E-state index in [4.69, 9.17) is 0 Å². The van der Waals surface area contributed by atoms with Crippen molar-refractivity contribution in [2.45, 2.75) is 24.9 Å². The number of hydrogen-bond acceptors (Lipinski definition) is 4. The van der Waals surface area contributed by atoms with Crippen LogP contribution < -0.4 is 4.90 Å². The molecule has 1 fully saturated rings. The van der Waals surface area contributed by atoms with E-state index in [0.29, 0.717) is 5.56 Å². The van der Waals surface area contributed by atoms with Crippen molar-refractivity contribution in [3.8, 4) is 12.1 Å². The maximum absolute atomic E-state index is 13.9. The van der Waals surface area contributed by atoms with Gasteiger partial charge in [-0.1, -0.05) is 42.5 Å². The number of ketones is 1. The summed E-state index contributed by atoms with van der Waals surface area (Å²) < 4.78 is 13.9. The molecule has 0 unspecified atom stereocenters. The summed E-state index contributed by atoms with van der Waals surface area (Å²) in [6.07, 6.45) is 3.69. The molecule has 1 saturated heterocycles. The molecule has 0 aliphatic carbocycles. The van der Waals surface area contributed by atoms with Crippen molar-refractivity contribution in [1.29, 1.82) is 10.5 Å². The Morgan fingerprint density at radius 3 is 2.56 bits per heavy atom. The van der Waals surface area contributed by atoms with E-state index in [9.17, 15) is 19.7 Å². The van der Waals surface area contributed by atoms with Crippen LogP contribution >= 0.6 is 0 Å². The highest BCUT2D eigenvalue weighted by atomic mass is 19.1. The molecule has 0 bridgehead atoms. The maximum atomic E-state index is 13.9. The standard InChI is InChI=1S/C22H16FN3O/c1-14(27)21-20(16-6-4-7-17(23)11-16)22(12-24,13-25)19-10-9-15-5-2-3-8-18(15)26(19)21/h2-11,19-21H,1H3/t19-,20-,21+/m0/s1. The summed E-state index contributed by atoms with van der Waals surface area (Å²) in [5.74, 6) is -1.38. The number of anilines is 1. The van der Waals surface area contributed by atoms with Gasteiger partial charge in [0.05, 0.1) is 24.2 Å². The van der Waals surface area contributed by atoms with Gasteiger partial charge in [-0.05, 0) is 36.2 Å². The predicted molar refractivity (Wildman–Crippen MR) is 99.0 cm³/mol. The first kappa shape index (κ1) is 17.0. The molecule has 0 radical (unpaired) electrons. The zero-order chi connectivity index (χ0) is 19.2. The first-order chi connectivity index (χ1) is 13.0. The number of nitriles is 2. The minimum atomic E-state index is -1.51. The molecule has 2 aromatic carbocycles. The van der Waals surface area contributed by atoms with E-state index >= 15 is 0 Å². The number of benzene rings is 2. The largest absolute Gasteiger partial charge is 0.351 e. The topological polar surface area (TPSA) is 67.9 Å². The fourth-order valence-corrected chi connectivity index (χ4v) is 4.46. The van der Waals surface area contributed by atoms with Crippen molar-refractivity contribution in [3.05, 3.63) is 71.6 Å². The van der Waals surface area contributed by atoms with Crippen LogP contribution in [0.3, 0.4) is 0 Å². The van der Waals surface area contributed by atoms with Gasteiger partial charge >= 0.3 is 0 Å². The average Bonchev–Trinajstić information content (AvgIpc) is 2.99. The molecule has 132 valence electrons. The van der Waals surface area contributed by atoms with Gasteiger partial charge < -0.3 is 4.90 Å². The van der Waals surface area contributed by atoms with Crippen LogP contribution in [-0.2, 0) is 4.79 Å². The van der Waals surface area contributed by atoms with Crippen molar-refractivity contribution in [2.24, 2.45) is 5.41 Å². The Kier molecular flexibility index (Phi) is 3.82. The predicted octanol–water partition coefficient (Wildman–Crippen LogP) is 3.82. The molecule has 5 heteroatoms. The van der Waals surface area contributed by atoms with Crippen LogP contribution in [0.15, 0.2) is 54.6 Å². The van der Waals surface area contributed by atoms with Crippen LogP contribution in [0.25, 0.3) is 6.08 Å². The van der Waals surface area contributed by atoms with E-state index < -0.39 is 29.2 Å². The van der Waals surface area contributed by atoms with Gasteiger partial charge in [-0.25, -0.2) is 4.39 Å². The molecule has 27 heavy (non-hydrogen) atoms. The normalized spacial score (nSPS) is 24.4. The van der Waals surface area contributed by atoms with Gasteiger partial charge in [0.1, 0.15) is 5.82 Å². The molecule has 0 aromatic heterocycles. The number of carbonyl (C=O) groups is 1. The Balaban J connectivity index is 2.01. The zero-order valence-corrected chi connectivity index (χ0v) is 14.6. The van der Waals surface area contributed by atoms with E-state index in [1.54, 1.807) is 12.1 Å². The van der Waals surface area contributed by atoms with Gasteiger partial charge in [-0.3, -0.25) is 4.79 Å². The first-order valence-corrected chi connectivity index (χ1v) is 8.67. The Morgan fingerprint density at radius 2 is 1.89 bits per heavy atom. The Hall–Kier alpha value is -3.44. The molecule has 0 N–H and O–H groups in total. The van der Waals surface area contributed by atoms with Crippen LogP contribution in [0.1, 0.15) is 24.0 Å². The molecule has 4 rings (SSSR count). The Labute approximate surface area is 156 Å². The van der Waals surface area contributed by atoms with E-state index in [-0.39, 0.29) is 5.78 Å². The van der Waals surface area contributed by atoms with Crippen LogP contribution in [0.2, 0.25) is 0 Å². The summed E-state index contributed by atoms with van der Waals surface area (Å²) in [6, 6.07) is 16.5. The van der Waals surface area contributed by atoms with Crippen LogP contribution in [0.4, 0.5) is 10.1 Å². The van der Waals surface area contributed by atoms with E-state index in [0.717, 1.165) is 11.3 Å². The van der Waals surface area contributed by atoms with E-state index in [1.165, 1.54) is 19.1 Å². The molecule has 3 atom stereocenters. The first-order valence-electron chi connectivity index (χ1n) is 8.67. The Bertz CT molecular complexity index is 1030. The molecule has 0 spiro atoms. The number of rotatable bonds is 2. The van der Waals surface area contributed by atoms with Crippen molar-refractivity contribution in [3.63, 3.8) is 0 Å². The van der Waals surface area contributed by atoms with E-state index in [2.05, 4.69) is 12.1 Å². The summed E-state index contributed by atoms with van der Waals surface area (Å²) >= 11 is 0. The molecular weight excluding hydrogens is 341 g/mol. The number of fused-ring (bicyclic) bond motifs is 3. The molecule has 2 aromatic rings. The van der Waals surface area contributed by atoms with Gasteiger partial charge in [0.2, 0.25) is 0 Å². The van der Waals surface area contributed by atoms with Gasteiger partial charge in [0.15, 0.2) is 11.2 Å². The van der Waals surface area contributed by atoms with Crippen LogP contribution in [-0.4, -0.2) is 17.9 Å². The SMILES string of the molecule is CC(=O)[C@@H]1[C@H](c2cccc(F)c2)C(C#N)(C#N)[C@@H]2C=Cc3ccccc3N12. The fourth-order valence-electron chi connectivity index (χ4n) is 4.46. The molecule has 4 nitrogen and oxygen atoms in total. The van der Waals surface area contributed by atoms with Crippen LogP contribution in [0, 0.1) is 33.9 Å². The minimum Gasteiger partial charge on any atom is -0.351 e. The molecule has 0 amide bonds. The summed E-state index contributed by atoms with van der Waals surface area (Å²) in [6.45, 7) is 1.46. The summed E-state index contributed by atoms with van der Waals surface area (Å²) in [5.41, 5.74) is 0.705. The van der Waals surface area contributed by atoms with Gasteiger partial charge in [0, 0.05) is 11.6 Å². The second kappa shape index (κ2) is 6.07. The van der Waals surface area contributed by atoms with Crippen molar-refractivity contribution >= 4 is 17.5 Å². The minimum absolute atomic E-state index is 0.160. The number of Topliss-reactive ketones (excluding diaryl/α,β-unsaturated/α-hetero) is 1. The number of hydrogen-bond donors (Lipinski definition) is 0. The van der Waals surface area contributed by atoms with Crippen LogP contribution in [0.5, 0.6) is 0 Å². The third-order valence-electron chi connectivity index (χ3n) is 5.54. The quantitative estimate of drug-likeness (QED) is 0.819. The number of carbonyl (C=O) groups excluding carboxylic acids is 1. The van der Waals surface area contributed by atoms with Gasteiger partial charge in [0.25, 0.3) is 0 Å². The Morgan fingerprint density at radius 1 is 1.15 bits per heavy atom. The smallest absolute Gasteiger partial charge is 0.176 e. The fraction of sp³-hybridized carbons (Fsp3) is 0.227. The zero-order valence-electron chi connectivity index (χ0n) is 14.6. The van der Waals surface area contributed by atoms with Crippen molar-refractivity contribution < 1.29 is 9.18 Å². The lowest BCUT2D eigenvalue weighted by Crippen LogP contribution is -2.43. The molecule has 0 saturated carbocycles. The molecule has 2 aliphatic rings. The lowest BCUT2D eigenvalue weighted by atomic mass is 9.69. The molecule has 2 aliphatic heterocycles. The summed E-state index contributed by atoms with van der Waals surface area (Å²) in [5, 5.41) is 20.1. The number of nitrogens with zero attached hydrogens (tertiary/aromatic N) is 3. The van der Waals surface area contributed by atoms with E-state index in [1.807, 2.05) is 41.3 Å². The van der Waals surface area contributed by atoms with Crippen molar-refractivity contribution in [1.82, 2.24) is 0 Å². The highest BCUT2D eigenvalue weighted by molar-refractivity contribution is 5.91. The highest BCUT2D eigenvalue weighted by Crippen LogP contribution is 2.55. The maximum Gasteiger partial charge on any atom is 0.176 e.